The van der Waals surface area contributed by atoms with E-state index in [1.165, 1.54) is 25.0 Å². The van der Waals surface area contributed by atoms with E-state index in [9.17, 15) is 0 Å². The van der Waals surface area contributed by atoms with Gasteiger partial charge in [0.25, 0.3) is 0 Å². The molecule has 1 aromatic heterocycles. The van der Waals surface area contributed by atoms with E-state index in [4.69, 9.17) is 5.53 Å². The lowest BCUT2D eigenvalue weighted by Gasteiger charge is -2.43. The minimum Gasteiger partial charge on any atom is -0.276 e. The van der Waals surface area contributed by atoms with E-state index in [2.05, 4.69) is 25.9 Å². The molecule has 3 rings (SSSR count). The van der Waals surface area contributed by atoms with Crippen molar-refractivity contribution in [1.82, 2.24) is 14.7 Å². The third-order valence-corrected chi connectivity index (χ3v) is 3.92. The lowest BCUT2D eigenvalue weighted by molar-refractivity contribution is 0.0560. The smallest absolute Gasteiger partial charge is 0.112 e. The van der Waals surface area contributed by atoms with Gasteiger partial charge in [0.1, 0.15) is 6.67 Å². The first kappa shape index (κ1) is 9.96. The van der Waals surface area contributed by atoms with E-state index in [-0.39, 0.29) is 0 Å². The molecular formula is C11H17N5. The summed E-state index contributed by atoms with van der Waals surface area (Å²) in [4.78, 5) is 2.27. The van der Waals surface area contributed by atoms with Crippen LogP contribution in [0.2, 0.25) is 0 Å². The summed E-state index contributed by atoms with van der Waals surface area (Å²) in [5.41, 5.74) is 8.68. The van der Waals surface area contributed by atoms with Crippen LogP contribution in [0, 0.1) is 10.9 Å². The fourth-order valence-corrected chi connectivity index (χ4v) is 2.96. The molecule has 1 aromatic rings. The highest BCUT2D eigenvalue weighted by Gasteiger charge is 2.41. The fraction of sp³-hybridized carbons (Fsp3) is 0.727. The first-order chi connectivity index (χ1) is 7.81. The zero-order valence-electron chi connectivity index (χ0n) is 9.39. The highest BCUT2D eigenvalue weighted by molar-refractivity contribution is 5.05. The average molecular weight is 219 g/mol. The van der Waals surface area contributed by atoms with Crippen LogP contribution < -0.4 is 0 Å². The predicted molar refractivity (Wildman–Crippen MR) is 58.9 cm³/mol. The zero-order chi connectivity index (χ0) is 11.0. The van der Waals surface area contributed by atoms with Crippen LogP contribution in [-0.4, -0.2) is 27.9 Å². The molecule has 5 nitrogen and oxygen atoms in total. The Labute approximate surface area is 94.9 Å². The van der Waals surface area contributed by atoms with E-state index >= 15 is 0 Å². The summed E-state index contributed by atoms with van der Waals surface area (Å²) in [5, 5.41) is 7.93. The molecule has 0 aromatic carbocycles. The van der Waals surface area contributed by atoms with Gasteiger partial charge in [-0.1, -0.05) is 6.42 Å². The number of nitrogens with one attached hydrogen (secondary N) is 1. The predicted octanol–water partition coefficient (Wildman–Crippen LogP) is 1.86. The van der Waals surface area contributed by atoms with Gasteiger partial charge in [0.2, 0.25) is 0 Å². The largest absolute Gasteiger partial charge is 0.276 e. The van der Waals surface area contributed by atoms with Crippen molar-refractivity contribution in [3.63, 3.8) is 0 Å². The summed E-state index contributed by atoms with van der Waals surface area (Å²) in [7, 11) is 0. The summed E-state index contributed by atoms with van der Waals surface area (Å²) in [6.45, 7) is 3.51. The summed E-state index contributed by atoms with van der Waals surface area (Å²) in [5.74, 6) is 0. The quantitative estimate of drug-likeness (QED) is 0.772. The maximum atomic E-state index is 7.02. The Bertz CT molecular complexity index is 393. The standard InChI is InChI=1S/C11H17N5/c12-13-9-15-6-10-2-5-14-16(10)8-11(7-15)3-1-4-11/h2,5,12H,1,3-4,6-9H2. The number of rotatable bonds is 2. The second kappa shape index (κ2) is 3.66. The second-order valence-corrected chi connectivity index (χ2v) is 5.12. The molecule has 16 heavy (non-hydrogen) atoms. The van der Waals surface area contributed by atoms with Gasteiger partial charge in [0.15, 0.2) is 0 Å². The van der Waals surface area contributed by atoms with Crippen LogP contribution in [0.15, 0.2) is 17.4 Å². The molecule has 1 fully saturated rings. The lowest BCUT2D eigenvalue weighted by Crippen LogP contribution is -2.42. The fourth-order valence-electron chi connectivity index (χ4n) is 2.96. The minimum absolute atomic E-state index is 0.405. The van der Waals surface area contributed by atoms with Crippen molar-refractivity contribution in [2.24, 2.45) is 10.5 Å². The molecule has 1 N–H and O–H groups in total. The summed E-state index contributed by atoms with van der Waals surface area (Å²) < 4.78 is 2.14. The lowest BCUT2D eigenvalue weighted by atomic mass is 9.68. The molecule has 2 aliphatic rings. The molecule has 86 valence electrons. The van der Waals surface area contributed by atoms with Gasteiger partial charge in [-0.25, -0.2) is 5.53 Å². The Hall–Kier alpha value is -1.23. The molecule has 0 saturated heterocycles. The summed E-state index contributed by atoms with van der Waals surface area (Å²) >= 11 is 0. The van der Waals surface area contributed by atoms with Crippen molar-refractivity contribution in [3.05, 3.63) is 18.0 Å². The maximum Gasteiger partial charge on any atom is 0.112 e. The Kier molecular flexibility index (Phi) is 2.28. The number of fused-ring (bicyclic) bond motifs is 1. The van der Waals surface area contributed by atoms with Gasteiger partial charge in [-0.05, 0) is 18.9 Å². The molecule has 0 unspecified atom stereocenters. The van der Waals surface area contributed by atoms with Crippen LogP contribution in [0.25, 0.3) is 0 Å². The molecule has 0 atom stereocenters. The van der Waals surface area contributed by atoms with Crippen LogP contribution in [-0.2, 0) is 13.1 Å². The minimum atomic E-state index is 0.405. The number of aromatic nitrogens is 2. The van der Waals surface area contributed by atoms with E-state index in [1.807, 2.05) is 6.20 Å². The third-order valence-electron chi connectivity index (χ3n) is 3.92. The van der Waals surface area contributed by atoms with E-state index in [1.54, 1.807) is 0 Å². The van der Waals surface area contributed by atoms with Crippen molar-refractivity contribution in [2.45, 2.75) is 32.4 Å². The van der Waals surface area contributed by atoms with Crippen molar-refractivity contribution in [1.29, 1.82) is 5.53 Å². The molecule has 2 heterocycles. The van der Waals surface area contributed by atoms with Crippen LogP contribution in [0.1, 0.15) is 25.0 Å². The molecule has 0 amide bonds. The van der Waals surface area contributed by atoms with Crippen molar-refractivity contribution in [3.8, 4) is 0 Å². The second-order valence-electron chi connectivity index (χ2n) is 5.12. The average Bonchev–Trinajstić information content (AvgIpc) is 2.56. The summed E-state index contributed by atoms with van der Waals surface area (Å²) in [6.07, 6.45) is 5.80. The summed E-state index contributed by atoms with van der Waals surface area (Å²) in [6, 6.07) is 2.08. The van der Waals surface area contributed by atoms with Crippen LogP contribution >= 0.6 is 0 Å². The Morgan fingerprint density at radius 1 is 1.44 bits per heavy atom. The SMILES string of the molecule is N=NCN1Cc2ccnn2CC2(CCC2)C1. The van der Waals surface area contributed by atoms with E-state index in [0.29, 0.717) is 12.1 Å². The Balaban J connectivity index is 1.89. The molecule has 1 aliphatic carbocycles. The maximum absolute atomic E-state index is 7.02. The van der Waals surface area contributed by atoms with E-state index in [0.717, 1.165) is 19.6 Å². The molecule has 1 spiro atoms. The highest BCUT2D eigenvalue weighted by atomic mass is 15.3. The van der Waals surface area contributed by atoms with Crippen molar-refractivity contribution in [2.75, 3.05) is 13.2 Å². The monoisotopic (exact) mass is 219 g/mol. The molecule has 5 heteroatoms. The molecular weight excluding hydrogens is 202 g/mol. The van der Waals surface area contributed by atoms with Gasteiger partial charge in [-0.3, -0.25) is 9.58 Å². The topological polar surface area (TPSA) is 57.3 Å². The van der Waals surface area contributed by atoms with Crippen LogP contribution in [0.5, 0.6) is 0 Å². The van der Waals surface area contributed by atoms with E-state index < -0.39 is 0 Å². The number of nitrogens with zero attached hydrogens (tertiary/aromatic N) is 4. The first-order valence-electron chi connectivity index (χ1n) is 5.88. The Morgan fingerprint density at radius 3 is 3.00 bits per heavy atom. The third kappa shape index (κ3) is 1.55. The van der Waals surface area contributed by atoms with Crippen LogP contribution in [0.4, 0.5) is 0 Å². The van der Waals surface area contributed by atoms with Crippen LogP contribution in [0.3, 0.4) is 0 Å². The molecule has 1 saturated carbocycles. The Morgan fingerprint density at radius 2 is 2.31 bits per heavy atom. The van der Waals surface area contributed by atoms with Gasteiger partial charge >= 0.3 is 0 Å². The van der Waals surface area contributed by atoms with Gasteiger partial charge in [-0.15, -0.1) is 0 Å². The molecule has 0 radical (unpaired) electrons. The first-order valence-corrected chi connectivity index (χ1v) is 5.88. The van der Waals surface area contributed by atoms with Crippen molar-refractivity contribution < 1.29 is 0 Å². The zero-order valence-corrected chi connectivity index (χ0v) is 9.39. The van der Waals surface area contributed by atoms with Gasteiger partial charge < -0.3 is 0 Å². The van der Waals surface area contributed by atoms with Gasteiger partial charge in [0, 0.05) is 31.2 Å². The van der Waals surface area contributed by atoms with Gasteiger partial charge in [-0.2, -0.15) is 10.2 Å². The van der Waals surface area contributed by atoms with Crippen molar-refractivity contribution >= 4 is 0 Å². The van der Waals surface area contributed by atoms with Gasteiger partial charge in [0.05, 0.1) is 5.69 Å². The normalized spacial score (nSPS) is 23.5. The molecule has 1 aliphatic heterocycles. The number of hydrogen-bond acceptors (Lipinski definition) is 4. The molecule has 0 bridgehead atoms. The highest BCUT2D eigenvalue weighted by Crippen LogP contribution is 2.44. The number of hydrogen-bond donors (Lipinski definition) is 1.